The van der Waals surface area contributed by atoms with E-state index in [-0.39, 0.29) is 42.7 Å². The van der Waals surface area contributed by atoms with Crippen molar-refractivity contribution < 1.29 is 29.6 Å². The summed E-state index contributed by atoms with van der Waals surface area (Å²) in [5, 5.41) is 2.95. The van der Waals surface area contributed by atoms with Gasteiger partial charge in [0.2, 0.25) is 5.91 Å². The number of hydrogen-bond donors (Lipinski definition) is 2. The van der Waals surface area contributed by atoms with E-state index in [4.69, 9.17) is 5.73 Å². The fraction of sp³-hybridized carbons (Fsp3) is 0.571. The first-order chi connectivity index (χ1) is 8.66. The molecule has 0 aliphatic heterocycles. The minimum atomic E-state index is 0. The third kappa shape index (κ3) is 5.27. The Hall–Kier alpha value is -0.840. The Morgan fingerprint density at radius 3 is 2.30 bits per heavy atom. The van der Waals surface area contributed by atoms with E-state index in [9.17, 15) is 4.79 Å². The average molecular weight is 318 g/mol. The monoisotopic (exact) mass is 317 g/mol. The summed E-state index contributed by atoms with van der Waals surface area (Å²) >= 11 is 0. The Kier molecular flexibility index (Phi) is 8.78. The Morgan fingerprint density at radius 2 is 1.80 bits per heavy atom. The first kappa shape index (κ1) is 19.2. The first-order valence-corrected chi connectivity index (χ1v) is 6.63. The van der Waals surface area contributed by atoms with Crippen molar-refractivity contribution in [3.8, 4) is 0 Å². The van der Waals surface area contributed by atoms with Crippen molar-refractivity contribution in [2.45, 2.75) is 38.6 Å². The normalized spacial score (nSPS) is 22.9. The summed E-state index contributed by atoms with van der Waals surface area (Å²) in [5.74, 6) is 0.840. The molecular weight excluding hydrogens is 297 g/mol. The van der Waals surface area contributed by atoms with Gasteiger partial charge >= 0.3 is 0 Å². The minimum Gasteiger partial charge on any atom is -1.00 e. The van der Waals surface area contributed by atoms with Crippen molar-refractivity contribution >= 4 is 11.6 Å². The summed E-state index contributed by atoms with van der Waals surface area (Å²) in [6, 6.07) is 3.87. The lowest BCUT2D eigenvalue weighted by atomic mass is 9.79. The Morgan fingerprint density at radius 1 is 1.25 bits per heavy atom. The van der Waals surface area contributed by atoms with Crippen LogP contribution in [0.1, 0.15) is 32.6 Å². The molecule has 1 aromatic heterocycles. The van der Waals surface area contributed by atoms with Crippen LogP contribution in [-0.4, -0.2) is 16.9 Å². The Labute approximate surface area is 132 Å². The number of nitrogens with two attached hydrogens (primary N) is 1. The fourth-order valence-corrected chi connectivity index (χ4v) is 2.59. The van der Waals surface area contributed by atoms with E-state index >= 15 is 0 Å². The molecule has 0 radical (unpaired) electrons. The van der Waals surface area contributed by atoms with Gasteiger partial charge in [-0.05, 0) is 50.7 Å². The summed E-state index contributed by atoms with van der Waals surface area (Å²) in [5.41, 5.74) is 6.73. The van der Waals surface area contributed by atoms with E-state index < -0.39 is 0 Å². The molecule has 114 valence electrons. The zero-order chi connectivity index (χ0) is 13.0. The van der Waals surface area contributed by atoms with Gasteiger partial charge in [0.1, 0.15) is 0 Å². The summed E-state index contributed by atoms with van der Waals surface area (Å²) in [6.07, 6.45) is 7.38. The molecule has 0 aromatic carbocycles. The van der Waals surface area contributed by atoms with E-state index in [0.29, 0.717) is 5.92 Å². The van der Waals surface area contributed by atoms with Gasteiger partial charge in [0.25, 0.3) is 0 Å². The number of hydrogen-bond acceptors (Lipinski definition) is 3. The van der Waals surface area contributed by atoms with Gasteiger partial charge < -0.3 is 35.9 Å². The molecule has 1 aromatic rings. The first-order valence-electron chi connectivity index (χ1n) is 6.63. The van der Waals surface area contributed by atoms with Gasteiger partial charge in [-0.15, -0.1) is 0 Å². The maximum absolute atomic E-state index is 12.1. The average Bonchev–Trinajstić information content (AvgIpc) is 2.40. The minimum absolute atomic E-state index is 0. The number of carbonyl (C=O) groups excluding carboxylic acids is 1. The van der Waals surface area contributed by atoms with Crippen LogP contribution in [0.15, 0.2) is 24.5 Å². The highest BCUT2D eigenvalue weighted by atomic mass is 35.5. The number of pyridine rings is 1. The molecule has 1 aliphatic rings. The van der Waals surface area contributed by atoms with Gasteiger partial charge in [0.05, 0.1) is 0 Å². The van der Waals surface area contributed by atoms with Crippen molar-refractivity contribution in [2.75, 3.05) is 5.32 Å². The summed E-state index contributed by atoms with van der Waals surface area (Å²) in [6.45, 7) is 2.06. The number of nitrogens with one attached hydrogen (secondary N) is 1. The molecule has 1 heterocycles. The van der Waals surface area contributed by atoms with Crippen molar-refractivity contribution in [3.05, 3.63) is 24.5 Å². The van der Waals surface area contributed by atoms with E-state index in [0.717, 1.165) is 31.4 Å². The molecule has 2 rings (SSSR count). The molecule has 1 saturated carbocycles. The van der Waals surface area contributed by atoms with E-state index in [1.807, 2.05) is 12.1 Å². The van der Waals surface area contributed by atoms with Crippen LogP contribution in [0.2, 0.25) is 0 Å². The summed E-state index contributed by atoms with van der Waals surface area (Å²) < 4.78 is 0. The number of halogens is 2. The van der Waals surface area contributed by atoms with Crippen LogP contribution < -0.4 is 35.9 Å². The third-order valence-corrected chi connectivity index (χ3v) is 3.83. The molecule has 0 saturated heterocycles. The number of nitrogens with zero attached hydrogens (tertiary/aromatic N) is 1. The number of amides is 1. The molecule has 20 heavy (non-hydrogen) atoms. The number of rotatable bonds is 3. The highest BCUT2D eigenvalue weighted by molar-refractivity contribution is 5.92. The van der Waals surface area contributed by atoms with Crippen molar-refractivity contribution in [1.82, 2.24) is 4.98 Å². The van der Waals surface area contributed by atoms with Gasteiger partial charge in [0, 0.05) is 30.0 Å². The van der Waals surface area contributed by atoms with Gasteiger partial charge in [-0.25, -0.2) is 0 Å². The van der Waals surface area contributed by atoms with Crippen LogP contribution in [0.25, 0.3) is 0 Å². The largest absolute Gasteiger partial charge is 1.00 e. The second kappa shape index (κ2) is 9.16. The summed E-state index contributed by atoms with van der Waals surface area (Å²) in [4.78, 5) is 16.0. The second-order valence-corrected chi connectivity index (χ2v) is 5.20. The van der Waals surface area contributed by atoms with E-state index in [1.54, 1.807) is 12.4 Å². The molecule has 1 amide bonds. The van der Waals surface area contributed by atoms with Crippen molar-refractivity contribution in [1.29, 1.82) is 0 Å². The molecule has 0 spiro atoms. The maximum Gasteiger partial charge on any atom is 0.227 e. The van der Waals surface area contributed by atoms with Crippen LogP contribution in [0.3, 0.4) is 0 Å². The van der Waals surface area contributed by atoms with Crippen LogP contribution in [-0.2, 0) is 4.79 Å². The summed E-state index contributed by atoms with van der Waals surface area (Å²) in [7, 11) is 0. The molecule has 1 atom stereocenters. The Balaban J connectivity index is 0.00000180. The molecule has 1 aliphatic carbocycles. The highest BCUT2D eigenvalue weighted by Crippen LogP contribution is 2.30. The topological polar surface area (TPSA) is 68.0 Å². The van der Waals surface area contributed by atoms with Crippen LogP contribution >= 0.6 is 0 Å². The number of carbonyl (C=O) groups is 1. The molecule has 1 fully saturated rings. The van der Waals surface area contributed by atoms with Gasteiger partial charge in [-0.3, -0.25) is 9.78 Å². The lowest BCUT2D eigenvalue weighted by Gasteiger charge is -2.29. The quantitative estimate of drug-likeness (QED) is 0.600. The van der Waals surface area contributed by atoms with Crippen LogP contribution in [0, 0.1) is 11.8 Å². The SMILES string of the molecule is C[C@@H](N)C1CCC(C(=O)Nc2ccncc2)CC1.[Cl-].[Cl-]. The second-order valence-electron chi connectivity index (χ2n) is 5.20. The van der Waals surface area contributed by atoms with Gasteiger partial charge in [-0.1, -0.05) is 0 Å². The van der Waals surface area contributed by atoms with Crippen LogP contribution in [0.5, 0.6) is 0 Å². The van der Waals surface area contributed by atoms with Crippen molar-refractivity contribution in [3.63, 3.8) is 0 Å². The molecule has 0 bridgehead atoms. The lowest BCUT2D eigenvalue weighted by Crippen LogP contribution is -3.00. The Bertz CT molecular complexity index is 393. The number of anilines is 1. The highest BCUT2D eigenvalue weighted by Gasteiger charge is 2.27. The molecular formula is C14H21Cl2N3O-2. The van der Waals surface area contributed by atoms with E-state index in [2.05, 4.69) is 17.2 Å². The van der Waals surface area contributed by atoms with Gasteiger partial charge in [-0.2, -0.15) is 0 Å². The molecule has 0 unspecified atom stereocenters. The predicted molar refractivity (Wildman–Crippen MR) is 72.0 cm³/mol. The van der Waals surface area contributed by atoms with E-state index in [1.165, 1.54) is 0 Å². The standard InChI is InChI=1S/C14H21N3O.2ClH/c1-10(15)11-2-4-12(5-3-11)14(18)17-13-6-8-16-9-7-13;;/h6-12H,2-5,15H2,1H3,(H,16,17,18);2*1H/p-2/t10-,11?,12?;;/m1../s1. The zero-order valence-corrected chi connectivity index (χ0v) is 13.1. The lowest BCUT2D eigenvalue weighted by molar-refractivity contribution is -0.121. The number of aromatic nitrogens is 1. The fourth-order valence-electron chi connectivity index (χ4n) is 2.59. The predicted octanol–water partition coefficient (Wildman–Crippen LogP) is -3.82. The third-order valence-electron chi connectivity index (χ3n) is 3.83. The maximum atomic E-state index is 12.1. The van der Waals surface area contributed by atoms with Gasteiger partial charge in [0.15, 0.2) is 0 Å². The van der Waals surface area contributed by atoms with Crippen molar-refractivity contribution in [2.24, 2.45) is 17.6 Å². The smallest absolute Gasteiger partial charge is 0.227 e. The zero-order valence-electron chi connectivity index (χ0n) is 11.6. The van der Waals surface area contributed by atoms with Crippen LogP contribution in [0.4, 0.5) is 5.69 Å². The molecule has 6 heteroatoms. The molecule has 4 nitrogen and oxygen atoms in total. The molecule has 3 N–H and O–H groups in total.